The molecule has 1 aliphatic heterocycles. The monoisotopic (exact) mass is 460 g/mol. The van der Waals surface area contributed by atoms with E-state index in [-0.39, 0.29) is 6.54 Å². The molecule has 0 aromatic carbocycles. The van der Waals surface area contributed by atoms with E-state index in [9.17, 15) is 9.59 Å². The minimum atomic E-state index is -0.977. The molecule has 2 fully saturated rings. The summed E-state index contributed by atoms with van der Waals surface area (Å²) >= 11 is 0. The summed E-state index contributed by atoms with van der Waals surface area (Å²) in [5.74, 6) is 0.415. The summed E-state index contributed by atoms with van der Waals surface area (Å²) in [6.07, 6.45) is 3.77. The highest BCUT2D eigenvalue weighted by Gasteiger charge is 2.44. The smallest absolute Gasteiger partial charge is 0.434 e. The predicted octanol–water partition coefficient (Wildman–Crippen LogP) is 3.58. The zero-order valence-electron chi connectivity index (χ0n) is 20.3. The number of alkyl carbamates (subject to hydrolysis) is 1. The van der Waals surface area contributed by atoms with Gasteiger partial charge >= 0.3 is 12.2 Å². The van der Waals surface area contributed by atoms with E-state index in [0.29, 0.717) is 18.9 Å². The van der Waals surface area contributed by atoms with Crippen LogP contribution in [0.5, 0.6) is 0 Å². The van der Waals surface area contributed by atoms with E-state index < -0.39 is 42.5 Å². The zero-order valence-corrected chi connectivity index (χ0v) is 20.3. The van der Waals surface area contributed by atoms with Gasteiger partial charge in [-0.3, -0.25) is 4.84 Å². The fourth-order valence-electron chi connectivity index (χ4n) is 4.17. The molecule has 0 radical (unpaired) electrons. The van der Waals surface area contributed by atoms with E-state index >= 15 is 0 Å². The fraction of sp³-hybridized carbons (Fsp3) is 0.909. The van der Waals surface area contributed by atoms with Gasteiger partial charge in [-0.15, -0.1) is 0 Å². The van der Waals surface area contributed by atoms with Crippen LogP contribution >= 0.6 is 0 Å². The average Bonchev–Trinajstić information content (AvgIpc) is 3.10. The Bertz CT molecular complexity index is 591. The topological polar surface area (TPSA) is 105 Å². The molecule has 1 saturated carbocycles. The molecule has 186 valence electrons. The van der Waals surface area contributed by atoms with Gasteiger partial charge in [-0.05, 0) is 40.0 Å². The molecule has 2 aliphatic rings. The number of cyclic esters (lactones) is 1. The van der Waals surface area contributed by atoms with Gasteiger partial charge in [0.05, 0.1) is 19.7 Å². The van der Waals surface area contributed by atoms with Gasteiger partial charge in [0, 0.05) is 13.7 Å². The molecule has 10 heteroatoms. The number of methoxy groups -OCH3 is 1. The van der Waals surface area contributed by atoms with Crippen LogP contribution in [0.4, 0.5) is 9.59 Å². The molecule has 2 unspecified atom stereocenters. The highest BCUT2D eigenvalue weighted by atomic mass is 16.8. The van der Waals surface area contributed by atoms with Gasteiger partial charge in [0.1, 0.15) is 11.7 Å². The number of ether oxygens (including phenoxy) is 5. The lowest BCUT2D eigenvalue weighted by Gasteiger charge is -2.36. The van der Waals surface area contributed by atoms with Crippen LogP contribution in [0.2, 0.25) is 0 Å². The standard InChI is InChI=1S/C22H40N2O8/c1-7-29-21(27-5)31-18(17-14-24(28-6)20(26)30-17)16(13-15-11-9-8-10-12-15)23-19(25)32-22(2,3)4/h15-18,21H,7-14H2,1-6H3,(H,23,25)/t16-,17-,18?,21?/m0/s1. The lowest BCUT2D eigenvalue weighted by molar-refractivity contribution is -0.304. The van der Waals surface area contributed by atoms with Crippen molar-refractivity contribution in [3.05, 3.63) is 0 Å². The summed E-state index contributed by atoms with van der Waals surface area (Å²) in [5, 5.41) is 4.09. The number of rotatable bonds is 11. The second-order valence-corrected chi connectivity index (χ2v) is 9.24. The molecule has 1 saturated heterocycles. The predicted molar refractivity (Wildman–Crippen MR) is 116 cm³/mol. The third-order valence-electron chi connectivity index (χ3n) is 5.56. The lowest BCUT2D eigenvalue weighted by Crippen LogP contribution is -2.54. The average molecular weight is 461 g/mol. The van der Waals surface area contributed by atoms with Crippen molar-refractivity contribution < 1.29 is 38.1 Å². The van der Waals surface area contributed by atoms with Gasteiger partial charge in [0.15, 0.2) is 6.10 Å². The maximum atomic E-state index is 12.7. The zero-order chi connectivity index (χ0) is 23.7. The Balaban J connectivity index is 2.27. The summed E-state index contributed by atoms with van der Waals surface area (Å²) in [7, 11) is 2.87. The first-order chi connectivity index (χ1) is 15.2. The van der Waals surface area contributed by atoms with Crippen LogP contribution in [0.15, 0.2) is 0 Å². The van der Waals surface area contributed by atoms with Gasteiger partial charge in [0.2, 0.25) is 0 Å². The maximum Gasteiger partial charge on any atom is 0.434 e. The molecule has 1 N–H and O–H groups in total. The molecular weight excluding hydrogens is 420 g/mol. The summed E-state index contributed by atoms with van der Waals surface area (Å²) < 4.78 is 28.0. The third kappa shape index (κ3) is 8.38. The van der Waals surface area contributed by atoms with Crippen molar-refractivity contribution in [1.82, 2.24) is 10.4 Å². The first-order valence-corrected chi connectivity index (χ1v) is 11.5. The van der Waals surface area contributed by atoms with Crippen LogP contribution < -0.4 is 5.32 Å². The molecule has 10 nitrogen and oxygen atoms in total. The Hall–Kier alpha value is -1.62. The van der Waals surface area contributed by atoms with Gasteiger partial charge < -0.3 is 29.0 Å². The molecule has 0 spiro atoms. The minimum absolute atomic E-state index is 0.153. The molecule has 0 aromatic rings. The molecule has 2 rings (SSSR count). The lowest BCUT2D eigenvalue weighted by atomic mass is 9.83. The Kier molecular flexibility index (Phi) is 10.5. The largest absolute Gasteiger partial charge is 0.444 e. The minimum Gasteiger partial charge on any atom is -0.444 e. The van der Waals surface area contributed by atoms with Crippen molar-refractivity contribution in [3.63, 3.8) is 0 Å². The van der Waals surface area contributed by atoms with E-state index in [1.54, 1.807) is 0 Å². The van der Waals surface area contributed by atoms with Crippen LogP contribution in [0.1, 0.15) is 66.2 Å². The van der Waals surface area contributed by atoms with Crippen molar-refractivity contribution in [2.75, 3.05) is 27.4 Å². The molecule has 2 amide bonds. The summed E-state index contributed by atoms with van der Waals surface area (Å²) in [6.45, 7) is 6.79. The van der Waals surface area contributed by atoms with Crippen molar-refractivity contribution in [1.29, 1.82) is 0 Å². The van der Waals surface area contributed by atoms with Crippen LogP contribution in [-0.4, -0.2) is 74.9 Å². The Morgan fingerprint density at radius 1 is 1.22 bits per heavy atom. The second-order valence-electron chi connectivity index (χ2n) is 9.24. The van der Waals surface area contributed by atoms with Crippen molar-refractivity contribution in [2.24, 2.45) is 5.92 Å². The van der Waals surface area contributed by atoms with Crippen LogP contribution in [0, 0.1) is 5.92 Å². The molecular formula is C22H40N2O8. The van der Waals surface area contributed by atoms with E-state index in [1.807, 2.05) is 27.7 Å². The van der Waals surface area contributed by atoms with E-state index in [1.165, 1.54) is 20.6 Å². The van der Waals surface area contributed by atoms with E-state index in [2.05, 4.69) is 5.32 Å². The second kappa shape index (κ2) is 12.6. The van der Waals surface area contributed by atoms with Crippen LogP contribution in [0.3, 0.4) is 0 Å². The molecule has 32 heavy (non-hydrogen) atoms. The number of nitrogens with one attached hydrogen (secondary N) is 1. The first kappa shape index (κ1) is 26.6. The Labute approximate surface area is 191 Å². The van der Waals surface area contributed by atoms with Crippen LogP contribution in [0.25, 0.3) is 0 Å². The molecule has 4 atom stereocenters. The number of nitrogens with zero attached hydrogens (tertiary/aromatic N) is 1. The van der Waals surface area contributed by atoms with Gasteiger partial charge in [-0.2, -0.15) is 5.06 Å². The number of hydrogen-bond acceptors (Lipinski definition) is 8. The molecule has 1 heterocycles. The molecule has 0 bridgehead atoms. The maximum absolute atomic E-state index is 12.7. The Morgan fingerprint density at radius 2 is 1.91 bits per heavy atom. The number of carbonyl (C=O) groups excluding carboxylic acids is 2. The first-order valence-electron chi connectivity index (χ1n) is 11.5. The van der Waals surface area contributed by atoms with Crippen molar-refractivity contribution in [3.8, 4) is 0 Å². The van der Waals surface area contributed by atoms with Gasteiger partial charge in [-0.25, -0.2) is 9.59 Å². The normalized spacial score (nSPS) is 22.9. The summed E-state index contributed by atoms with van der Waals surface area (Å²) in [6, 6.07) is -0.485. The Morgan fingerprint density at radius 3 is 2.44 bits per heavy atom. The van der Waals surface area contributed by atoms with Gasteiger partial charge in [-0.1, -0.05) is 32.1 Å². The van der Waals surface area contributed by atoms with E-state index in [0.717, 1.165) is 30.7 Å². The SMILES string of the molecule is CCOC(OC)OC([C@H](CC1CCCCC1)NC(=O)OC(C)(C)C)[C@@H]1CN(OC)C(=O)O1. The number of carbonyl (C=O) groups is 2. The highest BCUT2D eigenvalue weighted by molar-refractivity contribution is 5.69. The third-order valence-corrected chi connectivity index (χ3v) is 5.56. The fourth-order valence-corrected chi connectivity index (χ4v) is 4.17. The summed E-state index contributed by atoms with van der Waals surface area (Å²) in [4.78, 5) is 30.0. The summed E-state index contributed by atoms with van der Waals surface area (Å²) in [5.41, 5.74) is -0.650. The number of hydrogen-bond donors (Lipinski definition) is 1. The van der Waals surface area contributed by atoms with Crippen molar-refractivity contribution >= 4 is 12.2 Å². The van der Waals surface area contributed by atoms with Crippen LogP contribution in [-0.2, 0) is 28.5 Å². The van der Waals surface area contributed by atoms with Crippen molar-refractivity contribution in [2.45, 2.75) is 96.5 Å². The molecule has 0 aromatic heterocycles. The molecule has 1 aliphatic carbocycles. The van der Waals surface area contributed by atoms with E-state index in [4.69, 9.17) is 28.5 Å². The number of hydroxylamine groups is 2. The van der Waals surface area contributed by atoms with Gasteiger partial charge in [0.25, 0.3) is 6.48 Å². The highest BCUT2D eigenvalue weighted by Crippen LogP contribution is 2.31. The number of amides is 2. The quantitative estimate of drug-likeness (QED) is 0.467.